The average molecular weight is 389 g/mol. The van der Waals surface area contributed by atoms with Gasteiger partial charge in [0.1, 0.15) is 0 Å². The summed E-state index contributed by atoms with van der Waals surface area (Å²) in [5, 5.41) is 16.5. The van der Waals surface area contributed by atoms with Gasteiger partial charge in [0.2, 0.25) is 0 Å². The number of aryl methyl sites for hydroxylation is 2. The van der Waals surface area contributed by atoms with Crippen molar-refractivity contribution in [1.82, 2.24) is 24.9 Å². The van der Waals surface area contributed by atoms with Crippen molar-refractivity contribution >= 4 is 34.7 Å². The first-order valence-electron chi connectivity index (χ1n) is 8.39. The maximum absolute atomic E-state index is 6.02. The van der Waals surface area contributed by atoms with Crippen LogP contribution in [0.15, 0.2) is 42.7 Å². The second-order valence-corrected chi connectivity index (χ2v) is 6.78. The zero-order valence-corrected chi connectivity index (χ0v) is 16.3. The van der Waals surface area contributed by atoms with Crippen molar-refractivity contribution < 1.29 is 0 Å². The van der Waals surface area contributed by atoms with E-state index in [-0.39, 0.29) is 0 Å². The Labute approximate surface area is 163 Å². The van der Waals surface area contributed by atoms with Crippen LogP contribution in [-0.4, -0.2) is 24.7 Å². The molecule has 0 fully saturated rings. The van der Waals surface area contributed by atoms with Crippen molar-refractivity contribution in [2.45, 2.75) is 33.5 Å². The highest BCUT2D eigenvalue weighted by atomic mass is 35.5. The smallest absolute Gasteiger partial charge is 0.172 e. The first-order valence-corrected chi connectivity index (χ1v) is 9.18. The first kappa shape index (κ1) is 18.4. The lowest BCUT2D eigenvalue weighted by atomic mass is 10.2. The Bertz CT molecular complexity index is 901. The van der Waals surface area contributed by atoms with Crippen LogP contribution in [0.2, 0.25) is 5.02 Å². The van der Waals surface area contributed by atoms with Gasteiger partial charge in [0.05, 0.1) is 12.2 Å². The predicted octanol–water partition coefficient (Wildman–Crippen LogP) is 3.60. The molecule has 0 aliphatic rings. The minimum absolute atomic E-state index is 0.529. The summed E-state index contributed by atoms with van der Waals surface area (Å²) in [6, 6.07) is 9.63. The number of anilines is 1. The van der Waals surface area contributed by atoms with Crippen molar-refractivity contribution in [3.05, 3.63) is 64.6 Å². The largest absolute Gasteiger partial charge is 0.358 e. The van der Waals surface area contributed by atoms with E-state index in [0.717, 1.165) is 28.4 Å². The van der Waals surface area contributed by atoms with E-state index in [1.54, 1.807) is 0 Å². The third kappa shape index (κ3) is 4.83. The maximum atomic E-state index is 6.02. The molecule has 0 spiro atoms. The summed E-state index contributed by atoms with van der Waals surface area (Å²) in [5.41, 5.74) is 3.23. The fourth-order valence-corrected chi connectivity index (χ4v) is 2.96. The lowest BCUT2D eigenvalue weighted by Gasteiger charge is -2.08. The van der Waals surface area contributed by atoms with Gasteiger partial charge >= 0.3 is 0 Å². The lowest BCUT2D eigenvalue weighted by Crippen LogP contribution is -2.28. The SMILES string of the molecule is CCn1cc(CNC(=S)Nc2ccn(Cc3cccc(Cl)c3)n2)c(C)n1. The van der Waals surface area contributed by atoms with E-state index < -0.39 is 0 Å². The number of nitrogens with zero attached hydrogens (tertiary/aromatic N) is 4. The molecule has 3 rings (SSSR count). The van der Waals surface area contributed by atoms with Crippen LogP contribution < -0.4 is 10.6 Å². The first-order chi connectivity index (χ1) is 12.5. The highest BCUT2D eigenvalue weighted by Gasteiger charge is 2.06. The lowest BCUT2D eigenvalue weighted by molar-refractivity contribution is 0.653. The van der Waals surface area contributed by atoms with E-state index in [4.69, 9.17) is 23.8 Å². The minimum atomic E-state index is 0.529. The summed E-state index contributed by atoms with van der Waals surface area (Å²) >= 11 is 11.4. The molecule has 136 valence electrons. The van der Waals surface area contributed by atoms with Gasteiger partial charge in [-0.05, 0) is 43.8 Å². The van der Waals surface area contributed by atoms with Crippen molar-refractivity contribution in [1.29, 1.82) is 0 Å². The number of nitrogens with one attached hydrogen (secondary N) is 2. The van der Waals surface area contributed by atoms with Crippen LogP contribution in [0.4, 0.5) is 5.82 Å². The maximum Gasteiger partial charge on any atom is 0.172 e. The zero-order chi connectivity index (χ0) is 18.5. The third-order valence-corrected chi connectivity index (χ3v) is 4.41. The molecule has 0 saturated carbocycles. The molecule has 3 aromatic rings. The summed E-state index contributed by atoms with van der Waals surface area (Å²) in [6.07, 6.45) is 3.94. The topological polar surface area (TPSA) is 59.7 Å². The Kier molecular flexibility index (Phi) is 5.90. The molecule has 0 unspecified atom stereocenters. The zero-order valence-electron chi connectivity index (χ0n) is 14.7. The molecule has 0 atom stereocenters. The molecule has 0 amide bonds. The molecule has 2 aromatic heterocycles. The summed E-state index contributed by atoms with van der Waals surface area (Å²) in [5.74, 6) is 0.700. The van der Waals surface area contributed by atoms with Gasteiger partial charge in [0.15, 0.2) is 10.9 Å². The Morgan fingerprint density at radius 1 is 1.23 bits per heavy atom. The molecule has 2 N–H and O–H groups in total. The van der Waals surface area contributed by atoms with E-state index in [9.17, 15) is 0 Å². The van der Waals surface area contributed by atoms with Crippen molar-refractivity contribution in [2.75, 3.05) is 5.32 Å². The van der Waals surface area contributed by atoms with Crippen LogP contribution in [0.25, 0.3) is 0 Å². The molecule has 0 bridgehead atoms. The standard InChI is InChI=1S/C18H21ClN6S/c1-3-24-12-15(13(2)22-24)10-20-18(26)21-17-7-8-25(23-17)11-14-5-4-6-16(19)9-14/h4-9,12H,3,10-11H2,1-2H3,(H2,20,21,23,26). The number of rotatable bonds is 6. The summed E-state index contributed by atoms with van der Waals surface area (Å²) in [4.78, 5) is 0. The molecule has 0 radical (unpaired) electrons. The third-order valence-electron chi connectivity index (χ3n) is 3.93. The van der Waals surface area contributed by atoms with Crippen LogP contribution >= 0.6 is 23.8 Å². The highest BCUT2D eigenvalue weighted by molar-refractivity contribution is 7.80. The molecular weight excluding hydrogens is 368 g/mol. The number of halogens is 1. The van der Waals surface area contributed by atoms with Crippen LogP contribution in [0.5, 0.6) is 0 Å². The van der Waals surface area contributed by atoms with Gasteiger partial charge in [-0.3, -0.25) is 9.36 Å². The van der Waals surface area contributed by atoms with E-state index >= 15 is 0 Å². The van der Waals surface area contributed by atoms with Gasteiger partial charge in [-0.15, -0.1) is 0 Å². The van der Waals surface area contributed by atoms with Gasteiger partial charge in [-0.2, -0.15) is 10.2 Å². The Morgan fingerprint density at radius 2 is 2.08 bits per heavy atom. The van der Waals surface area contributed by atoms with E-state index in [2.05, 4.69) is 27.8 Å². The Hall–Kier alpha value is -2.38. The molecule has 8 heteroatoms. The minimum Gasteiger partial charge on any atom is -0.358 e. The number of hydrogen-bond donors (Lipinski definition) is 2. The second kappa shape index (κ2) is 8.33. The number of aromatic nitrogens is 4. The Balaban J connectivity index is 1.53. The van der Waals surface area contributed by atoms with E-state index in [0.29, 0.717) is 24.0 Å². The van der Waals surface area contributed by atoms with Crippen LogP contribution in [0, 0.1) is 6.92 Å². The fraction of sp³-hybridized carbons (Fsp3) is 0.278. The second-order valence-electron chi connectivity index (χ2n) is 5.93. The number of thiocarbonyl (C=S) groups is 1. The van der Waals surface area contributed by atoms with Gasteiger partial charge < -0.3 is 10.6 Å². The number of benzene rings is 1. The Morgan fingerprint density at radius 3 is 2.81 bits per heavy atom. The quantitative estimate of drug-likeness (QED) is 0.632. The molecule has 0 saturated heterocycles. The predicted molar refractivity (Wildman–Crippen MR) is 108 cm³/mol. The van der Waals surface area contributed by atoms with Crippen molar-refractivity contribution in [3.63, 3.8) is 0 Å². The van der Waals surface area contributed by atoms with Gasteiger partial charge in [0, 0.05) is 42.1 Å². The summed E-state index contributed by atoms with van der Waals surface area (Å²) in [7, 11) is 0. The molecule has 6 nitrogen and oxygen atoms in total. The molecule has 0 aliphatic carbocycles. The monoisotopic (exact) mass is 388 g/mol. The molecule has 1 aromatic carbocycles. The van der Waals surface area contributed by atoms with Crippen molar-refractivity contribution in [2.24, 2.45) is 0 Å². The van der Waals surface area contributed by atoms with Crippen LogP contribution in [-0.2, 0) is 19.6 Å². The summed E-state index contributed by atoms with van der Waals surface area (Å²) in [6.45, 7) is 6.19. The fourth-order valence-electron chi connectivity index (χ4n) is 2.57. The van der Waals surface area contributed by atoms with Gasteiger partial charge in [0.25, 0.3) is 0 Å². The van der Waals surface area contributed by atoms with E-state index in [1.807, 2.05) is 59.0 Å². The number of hydrogen-bond acceptors (Lipinski definition) is 3. The molecule has 2 heterocycles. The molecule has 26 heavy (non-hydrogen) atoms. The van der Waals surface area contributed by atoms with Crippen molar-refractivity contribution in [3.8, 4) is 0 Å². The normalized spacial score (nSPS) is 10.7. The summed E-state index contributed by atoms with van der Waals surface area (Å²) < 4.78 is 3.76. The average Bonchev–Trinajstić information content (AvgIpc) is 3.19. The van der Waals surface area contributed by atoms with Crippen LogP contribution in [0.3, 0.4) is 0 Å². The van der Waals surface area contributed by atoms with Gasteiger partial charge in [-0.1, -0.05) is 23.7 Å². The van der Waals surface area contributed by atoms with Gasteiger partial charge in [-0.25, -0.2) is 0 Å². The van der Waals surface area contributed by atoms with Crippen LogP contribution in [0.1, 0.15) is 23.7 Å². The molecule has 0 aliphatic heterocycles. The highest BCUT2D eigenvalue weighted by Crippen LogP contribution is 2.12. The van der Waals surface area contributed by atoms with E-state index in [1.165, 1.54) is 0 Å². The molecular formula is C18H21ClN6S.